The van der Waals surface area contributed by atoms with Crippen molar-refractivity contribution in [1.82, 2.24) is 30.7 Å². The number of nitrogens with one attached hydrogen (secondary N) is 1. The molecule has 4 aromatic rings. The number of nitrogens with two attached hydrogens (primary N) is 1. The van der Waals surface area contributed by atoms with E-state index in [4.69, 9.17) is 10.5 Å². The second kappa shape index (κ2) is 8.86. The smallest absolute Gasteiger partial charge is 0.294 e. The van der Waals surface area contributed by atoms with Gasteiger partial charge in [0.2, 0.25) is 11.6 Å². The lowest BCUT2D eigenvalue weighted by molar-refractivity contribution is 0.0950. The Labute approximate surface area is 176 Å². The summed E-state index contributed by atoms with van der Waals surface area (Å²) in [4.78, 5) is 12.8. The van der Waals surface area contributed by atoms with Gasteiger partial charge in [0.1, 0.15) is 11.4 Å². The Morgan fingerprint density at radius 3 is 2.65 bits per heavy atom. The Hall–Kier alpha value is -4.54. The molecular weight excluding hydrogens is 400 g/mol. The van der Waals surface area contributed by atoms with Crippen molar-refractivity contribution in [3.05, 3.63) is 65.9 Å². The summed E-state index contributed by atoms with van der Waals surface area (Å²) in [5.41, 5.74) is 10.1. The van der Waals surface area contributed by atoms with Crippen LogP contribution in [0.1, 0.15) is 23.0 Å². The number of carbonyl (C=O) groups is 1. The normalized spacial score (nSPS) is 11.0. The number of ether oxygens (including phenoxy) is 1. The van der Waals surface area contributed by atoms with E-state index in [1.807, 2.05) is 37.3 Å². The lowest BCUT2D eigenvalue weighted by Crippen LogP contribution is -2.19. The molecule has 2 aromatic heterocycles. The molecular formula is C20H18N8O3. The van der Waals surface area contributed by atoms with Crippen LogP contribution in [0.2, 0.25) is 0 Å². The lowest BCUT2D eigenvalue weighted by Gasteiger charge is -2.07. The summed E-state index contributed by atoms with van der Waals surface area (Å²) in [5.74, 6) is 0.248. The Bertz CT molecular complexity index is 1200. The van der Waals surface area contributed by atoms with Gasteiger partial charge in [-0.1, -0.05) is 35.5 Å². The van der Waals surface area contributed by atoms with Gasteiger partial charge >= 0.3 is 0 Å². The van der Waals surface area contributed by atoms with Gasteiger partial charge in [-0.3, -0.25) is 4.79 Å². The fraction of sp³-hybridized carbons (Fsp3) is 0.100. The van der Waals surface area contributed by atoms with E-state index >= 15 is 0 Å². The second-order valence-electron chi connectivity index (χ2n) is 6.24. The van der Waals surface area contributed by atoms with E-state index in [1.165, 1.54) is 10.9 Å². The average molecular weight is 418 g/mol. The minimum absolute atomic E-state index is 0.00569. The average Bonchev–Trinajstić information content (AvgIpc) is 3.41. The van der Waals surface area contributed by atoms with Gasteiger partial charge in [0.25, 0.3) is 5.91 Å². The third kappa shape index (κ3) is 4.24. The zero-order valence-corrected chi connectivity index (χ0v) is 16.5. The zero-order chi connectivity index (χ0) is 21.6. The summed E-state index contributed by atoms with van der Waals surface area (Å²) in [6.07, 6.45) is 1.53. The SMILES string of the molecule is CCOc1ccc(-c2c(C(=O)N/N=C\c3ccccc3)nnn2-c2nonc2N)cc1. The lowest BCUT2D eigenvalue weighted by atomic mass is 10.1. The van der Waals surface area contributed by atoms with Crippen LogP contribution in [0, 0.1) is 0 Å². The molecule has 0 fully saturated rings. The van der Waals surface area contributed by atoms with E-state index in [0.717, 1.165) is 5.56 Å². The topological polar surface area (TPSA) is 146 Å². The van der Waals surface area contributed by atoms with E-state index in [9.17, 15) is 4.79 Å². The predicted octanol–water partition coefficient (Wildman–Crippen LogP) is 2.06. The first-order chi connectivity index (χ1) is 15.2. The number of hydrazone groups is 1. The van der Waals surface area contributed by atoms with Gasteiger partial charge in [-0.05, 0) is 47.1 Å². The van der Waals surface area contributed by atoms with Crippen LogP contribution >= 0.6 is 0 Å². The molecule has 0 aliphatic carbocycles. The van der Waals surface area contributed by atoms with Crippen molar-refractivity contribution in [2.75, 3.05) is 12.3 Å². The van der Waals surface area contributed by atoms with E-state index < -0.39 is 5.91 Å². The number of nitrogen functional groups attached to an aromatic ring is 1. The van der Waals surface area contributed by atoms with E-state index in [0.29, 0.717) is 23.6 Å². The minimum atomic E-state index is -0.558. The van der Waals surface area contributed by atoms with Crippen molar-refractivity contribution in [3.8, 4) is 22.8 Å². The number of rotatable bonds is 7. The third-order valence-electron chi connectivity index (χ3n) is 4.20. The van der Waals surface area contributed by atoms with Crippen LogP contribution in [0.4, 0.5) is 5.82 Å². The summed E-state index contributed by atoms with van der Waals surface area (Å²) in [7, 11) is 0. The van der Waals surface area contributed by atoms with E-state index in [1.54, 1.807) is 24.3 Å². The molecule has 1 amide bonds. The molecule has 2 aromatic carbocycles. The Kier molecular flexibility index (Phi) is 5.65. The van der Waals surface area contributed by atoms with Gasteiger partial charge in [-0.25, -0.2) is 10.1 Å². The highest BCUT2D eigenvalue weighted by atomic mass is 16.6. The van der Waals surface area contributed by atoms with Gasteiger partial charge < -0.3 is 10.5 Å². The standard InChI is InChI=1S/C20H18N8O3/c1-2-30-15-10-8-14(9-11-15)17-16(23-27-28(17)19-18(21)25-31-26-19)20(29)24-22-12-13-6-4-3-5-7-13/h3-12H,2H2,1H3,(H2,21,25)(H,24,29)/b22-12-. The molecule has 4 rings (SSSR count). The highest BCUT2D eigenvalue weighted by Crippen LogP contribution is 2.28. The molecule has 11 nitrogen and oxygen atoms in total. The minimum Gasteiger partial charge on any atom is -0.494 e. The van der Waals surface area contributed by atoms with Crippen molar-refractivity contribution >= 4 is 17.9 Å². The first kappa shape index (κ1) is 19.8. The van der Waals surface area contributed by atoms with Crippen LogP contribution < -0.4 is 15.9 Å². The molecule has 156 valence electrons. The van der Waals surface area contributed by atoms with Gasteiger partial charge in [0.15, 0.2) is 5.69 Å². The van der Waals surface area contributed by atoms with Crippen LogP contribution in [0.15, 0.2) is 64.3 Å². The Morgan fingerprint density at radius 2 is 1.97 bits per heavy atom. The third-order valence-corrected chi connectivity index (χ3v) is 4.20. The number of aromatic nitrogens is 5. The Morgan fingerprint density at radius 1 is 1.19 bits per heavy atom. The summed E-state index contributed by atoms with van der Waals surface area (Å²) < 4.78 is 11.4. The number of hydrogen-bond donors (Lipinski definition) is 2. The van der Waals surface area contributed by atoms with Crippen molar-refractivity contribution in [3.63, 3.8) is 0 Å². The van der Waals surface area contributed by atoms with Crippen molar-refractivity contribution < 1.29 is 14.2 Å². The van der Waals surface area contributed by atoms with Crippen LogP contribution in [0.25, 0.3) is 17.1 Å². The molecule has 0 aliphatic rings. The molecule has 0 saturated carbocycles. The van der Waals surface area contributed by atoms with Crippen molar-refractivity contribution in [1.29, 1.82) is 0 Å². The first-order valence-electron chi connectivity index (χ1n) is 9.33. The number of nitrogens with zero attached hydrogens (tertiary/aromatic N) is 6. The number of carbonyl (C=O) groups excluding carboxylic acids is 1. The monoisotopic (exact) mass is 418 g/mol. The molecule has 2 heterocycles. The molecule has 0 saturated heterocycles. The number of amides is 1. The largest absolute Gasteiger partial charge is 0.494 e. The maximum Gasteiger partial charge on any atom is 0.294 e. The second-order valence-corrected chi connectivity index (χ2v) is 6.24. The van der Waals surface area contributed by atoms with Crippen molar-refractivity contribution in [2.45, 2.75) is 6.92 Å². The Balaban J connectivity index is 1.69. The molecule has 0 aliphatic heterocycles. The number of anilines is 1. The fourth-order valence-electron chi connectivity index (χ4n) is 2.81. The fourth-order valence-corrected chi connectivity index (χ4v) is 2.81. The number of benzene rings is 2. The van der Waals surface area contributed by atoms with Gasteiger partial charge in [-0.15, -0.1) is 5.10 Å². The summed E-state index contributed by atoms with van der Waals surface area (Å²) >= 11 is 0. The van der Waals surface area contributed by atoms with Gasteiger partial charge in [0.05, 0.1) is 12.8 Å². The van der Waals surface area contributed by atoms with E-state index in [-0.39, 0.29) is 17.3 Å². The van der Waals surface area contributed by atoms with Crippen LogP contribution in [-0.4, -0.2) is 44.0 Å². The molecule has 0 atom stereocenters. The quantitative estimate of drug-likeness (QED) is 0.342. The molecule has 0 spiro atoms. The molecule has 3 N–H and O–H groups in total. The highest BCUT2D eigenvalue weighted by Gasteiger charge is 2.25. The van der Waals surface area contributed by atoms with Crippen LogP contribution in [0.3, 0.4) is 0 Å². The maximum absolute atomic E-state index is 12.8. The molecule has 31 heavy (non-hydrogen) atoms. The van der Waals surface area contributed by atoms with Crippen molar-refractivity contribution in [2.24, 2.45) is 5.10 Å². The molecule has 0 unspecified atom stereocenters. The molecule has 11 heteroatoms. The first-order valence-corrected chi connectivity index (χ1v) is 9.33. The molecule has 0 bridgehead atoms. The summed E-state index contributed by atoms with van der Waals surface area (Å²) in [6.45, 7) is 2.43. The summed E-state index contributed by atoms with van der Waals surface area (Å²) in [5, 5.41) is 19.3. The van der Waals surface area contributed by atoms with Crippen LogP contribution in [0.5, 0.6) is 5.75 Å². The summed E-state index contributed by atoms with van der Waals surface area (Å²) in [6, 6.07) is 16.4. The maximum atomic E-state index is 12.8. The van der Waals surface area contributed by atoms with Gasteiger partial charge in [0, 0.05) is 5.56 Å². The van der Waals surface area contributed by atoms with E-state index in [2.05, 4.69) is 35.8 Å². The van der Waals surface area contributed by atoms with Gasteiger partial charge in [-0.2, -0.15) is 9.78 Å². The molecule has 0 radical (unpaired) electrons. The van der Waals surface area contributed by atoms with Crippen LogP contribution in [-0.2, 0) is 0 Å². The highest BCUT2D eigenvalue weighted by molar-refractivity contribution is 5.98. The number of hydrogen-bond acceptors (Lipinski definition) is 9. The zero-order valence-electron chi connectivity index (χ0n) is 16.5. The predicted molar refractivity (Wildman–Crippen MR) is 112 cm³/mol.